The Morgan fingerprint density at radius 1 is 1.20 bits per heavy atom. The number of hydrogen-bond acceptors (Lipinski definition) is 3. The van der Waals surface area contributed by atoms with E-state index in [1.807, 2.05) is 6.07 Å². The van der Waals surface area contributed by atoms with Gasteiger partial charge in [-0.15, -0.1) is 6.61 Å². The summed E-state index contributed by atoms with van der Waals surface area (Å²) >= 11 is 0. The maximum Gasteiger partial charge on any atom is 0.0458 e. The monoisotopic (exact) mass is 216 g/mol. The van der Waals surface area contributed by atoms with Crippen molar-refractivity contribution >= 4 is 5.97 Å². The van der Waals surface area contributed by atoms with Gasteiger partial charge in [0.15, 0.2) is 0 Å². The fourth-order valence-corrected chi connectivity index (χ4v) is 0.763. The lowest BCUT2D eigenvalue weighted by Crippen LogP contribution is -2.24. The molecule has 0 spiro atoms. The Morgan fingerprint density at radius 3 is 1.93 bits per heavy atom. The maximum atomic E-state index is 10.1. The molecule has 8 N–H and O–H groups in total. The summed E-state index contributed by atoms with van der Waals surface area (Å²) < 4.78 is 0. The second kappa shape index (κ2) is 12.6. The lowest BCUT2D eigenvalue weighted by atomic mass is 10.2. The highest BCUT2D eigenvalue weighted by atomic mass is 16.4. The first-order valence-corrected chi connectivity index (χ1v) is 4.02. The van der Waals surface area contributed by atoms with Crippen molar-refractivity contribution in [2.24, 2.45) is 0 Å². The van der Waals surface area contributed by atoms with Gasteiger partial charge in [-0.2, -0.15) is 0 Å². The molecule has 5 heteroatoms. The van der Waals surface area contributed by atoms with Gasteiger partial charge in [-0.3, -0.25) is 0 Å². The molecule has 0 aliphatic carbocycles. The number of carbonyl (C=O) groups is 1. The standard InChI is InChI=1S/C8H8O2.C2H5O.2H3N/c9-8(10)6-7-4-2-1-3-5-7;1-2-3;;/h1-5H,6H2,(H,9,10);2H2,1H3;2*1H3/q;-1;;/p+1. The Hall–Kier alpha value is -1.43. The summed E-state index contributed by atoms with van der Waals surface area (Å²) in [4.78, 5) is 10.1. The summed E-state index contributed by atoms with van der Waals surface area (Å²) in [5, 5.41) is 19.0. The highest BCUT2D eigenvalue weighted by Gasteiger charge is 1.88. The van der Waals surface area contributed by atoms with Crippen molar-refractivity contribution in [3.8, 4) is 0 Å². The first-order valence-electron chi connectivity index (χ1n) is 4.02. The number of carboxylic acid groups (broad SMARTS) is 1. The van der Waals surface area contributed by atoms with Crippen molar-refractivity contribution in [1.82, 2.24) is 12.3 Å². The van der Waals surface area contributed by atoms with Crippen molar-refractivity contribution in [3.05, 3.63) is 35.9 Å². The van der Waals surface area contributed by atoms with E-state index in [9.17, 15) is 9.90 Å². The van der Waals surface area contributed by atoms with Crippen molar-refractivity contribution in [2.75, 3.05) is 6.61 Å². The number of rotatable bonds is 2. The van der Waals surface area contributed by atoms with Crippen molar-refractivity contribution in [1.29, 1.82) is 0 Å². The van der Waals surface area contributed by atoms with Gasteiger partial charge in [-0.1, -0.05) is 37.3 Å². The van der Waals surface area contributed by atoms with E-state index < -0.39 is 5.97 Å². The van der Waals surface area contributed by atoms with E-state index in [2.05, 4.69) is 0 Å². The first-order chi connectivity index (χ1) is 6.20. The lowest BCUT2D eigenvalue weighted by molar-refractivity contribution is -0.361. The molecule has 0 heterocycles. The minimum absolute atomic E-state index is 0. The van der Waals surface area contributed by atoms with Crippen LogP contribution in [-0.4, -0.2) is 12.6 Å². The minimum Gasteiger partial charge on any atom is -0.855 e. The van der Waals surface area contributed by atoms with E-state index in [1.54, 1.807) is 31.2 Å². The van der Waals surface area contributed by atoms with Gasteiger partial charge in [0.1, 0.15) is 0 Å². The molecule has 1 aromatic rings. The molecule has 88 valence electrons. The van der Waals surface area contributed by atoms with E-state index in [0.29, 0.717) is 0 Å². The van der Waals surface area contributed by atoms with E-state index >= 15 is 0 Å². The molecule has 0 atom stereocenters. The molecule has 0 saturated carbocycles. The van der Waals surface area contributed by atoms with Crippen LogP contribution < -0.4 is 22.5 Å². The average Bonchev–Trinajstić information content (AvgIpc) is 2.06. The Kier molecular flexibility index (Phi) is 16.1. The first kappa shape index (κ1) is 19.2. The highest BCUT2D eigenvalue weighted by Crippen LogP contribution is 1.97. The third-order valence-corrected chi connectivity index (χ3v) is 1.19. The van der Waals surface area contributed by atoms with Crippen LogP contribution in [0.2, 0.25) is 0 Å². The predicted octanol–water partition coefficient (Wildman–Crippen LogP) is 0.0980. The van der Waals surface area contributed by atoms with E-state index in [4.69, 9.17) is 5.11 Å². The molecule has 1 aromatic carbocycles. The molecule has 1 rings (SSSR count). The third kappa shape index (κ3) is 12.6. The Morgan fingerprint density at radius 2 is 1.60 bits per heavy atom. The minimum atomic E-state index is -1.04. The molecule has 0 fully saturated rings. The van der Waals surface area contributed by atoms with E-state index in [1.165, 1.54) is 0 Å². The summed E-state index contributed by atoms with van der Waals surface area (Å²) in [6.07, 6.45) is 0.000833. The average molecular weight is 216 g/mol. The van der Waals surface area contributed by atoms with Crippen LogP contribution in [0.1, 0.15) is 12.5 Å². The molecule has 0 unspecified atom stereocenters. The summed E-state index contributed by atoms with van der Waals surface area (Å²) in [5.41, 5.74) is 0.780. The van der Waals surface area contributed by atoms with E-state index in [-0.39, 0.29) is 25.3 Å². The predicted molar refractivity (Wildman–Crippen MR) is 57.7 cm³/mol. The van der Waals surface area contributed by atoms with Crippen molar-refractivity contribution in [2.45, 2.75) is 13.3 Å². The van der Waals surface area contributed by atoms with Gasteiger partial charge < -0.3 is 27.3 Å². The zero-order valence-corrected chi connectivity index (χ0v) is 9.53. The van der Waals surface area contributed by atoms with Gasteiger partial charge in [0.05, 0.1) is 0 Å². The second-order valence-corrected chi connectivity index (χ2v) is 2.32. The van der Waals surface area contributed by atoms with Crippen LogP contribution in [-0.2, 0) is 11.2 Å². The van der Waals surface area contributed by atoms with E-state index in [0.717, 1.165) is 5.56 Å². The third-order valence-electron chi connectivity index (χ3n) is 1.19. The number of benzene rings is 1. The highest BCUT2D eigenvalue weighted by molar-refractivity contribution is 5.67. The van der Waals surface area contributed by atoms with Crippen LogP contribution in [0.15, 0.2) is 30.3 Å². The normalized spacial score (nSPS) is 7.33. The van der Waals surface area contributed by atoms with Gasteiger partial charge in [0.2, 0.25) is 0 Å². The topological polar surface area (TPSA) is 136 Å². The molecule has 0 aliphatic heterocycles. The SMILES string of the molecule is CC[O-].O=C([O-])Cc1ccccc1.[NH4+].[NH4+]. The van der Waals surface area contributed by atoms with Crippen LogP contribution in [0.4, 0.5) is 0 Å². The Bertz CT molecular complexity index is 240. The maximum absolute atomic E-state index is 10.1. The number of aliphatic carboxylic acids is 1. The molecular weight excluding hydrogens is 196 g/mol. The van der Waals surface area contributed by atoms with Crippen LogP contribution in [0.3, 0.4) is 0 Å². The number of carbonyl (C=O) groups excluding carboxylic acids is 1. The zero-order valence-electron chi connectivity index (χ0n) is 9.53. The molecule has 0 aliphatic rings. The fourth-order valence-electron chi connectivity index (χ4n) is 0.763. The summed E-state index contributed by atoms with van der Waals surface area (Å²) in [6.45, 7) is 1.57. The number of quaternary nitrogens is 2. The molecule has 0 aromatic heterocycles. The fraction of sp³-hybridized carbons (Fsp3) is 0.300. The van der Waals surface area contributed by atoms with Crippen molar-refractivity contribution < 1.29 is 15.0 Å². The Labute approximate surface area is 89.9 Å². The summed E-state index contributed by atoms with van der Waals surface area (Å²) in [7, 11) is 0. The number of hydrogen-bond donors (Lipinski definition) is 2. The molecule has 0 bridgehead atoms. The molecular formula is C10H20N2O3. The summed E-state index contributed by atoms with van der Waals surface area (Å²) in [5.74, 6) is -1.04. The quantitative estimate of drug-likeness (QED) is 0.725. The molecule has 0 saturated heterocycles. The molecule has 0 amide bonds. The number of carboxylic acids is 1. The molecule has 5 nitrogen and oxygen atoms in total. The van der Waals surface area contributed by atoms with Crippen LogP contribution in [0, 0.1) is 0 Å². The zero-order chi connectivity index (χ0) is 10.1. The molecule has 0 radical (unpaired) electrons. The smallest absolute Gasteiger partial charge is 0.0458 e. The van der Waals surface area contributed by atoms with Gasteiger partial charge in [-0.05, 0) is 5.56 Å². The second-order valence-electron chi connectivity index (χ2n) is 2.32. The summed E-state index contributed by atoms with van der Waals surface area (Å²) in [6, 6.07) is 8.97. The van der Waals surface area contributed by atoms with Gasteiger partial charge in [0, 0.05) is 12.4 Å². The van der Waals surface area contributed by atoms with Crippen LogP contribution in [0.5, 0.6) is 0 Å². The molecule has 15 heavy (non-hydrogen) atoms. The lowest BCUT2D eigenvalue weighted by Gasteiger charge is -1.99. The largest absolute Gasteiger partial charge is 0.855 e. The van der Waals surface area contributed by atoms with Gasteiger partial charge in [-0.25, -0.2) is 0 Å². The van der Waals surface area contributed by atoms with Gasteiger partial charge in [0.25, 0.3) is 0 Å². The van der Waals surface area contributed by atoms with Crippen molar-refractivity contribution in [3.63, 3.8) is 0 Å². The Balaban J connectivity index is -0.000000260. The van der Waals surface area contributed by atoms with Gasteiger partial charge >= 0.3 is 0 Å². The van der Waals surface area contributed by atoms with Crippen LogP contribution in [0.25, 0.3) is 0 Å². The van der Waals surface area contributed by atoms with Crippen LogP contribution >= 0.6 is 0 Å².